The number of unbranched alkanes of at least 4 members (excludes halogenated alkanes) is 12. The van der Waals surface area contributed by atoms with Gasteiger partial charge >= 0.3 is 0 Å². The fraction of sp³-hybridized carbons (Fsp3) is 0.667. The van der Waals surface area contributed by atoms with Crippen LogP contribution in [0.2, 0.25) is 0 Å². The minimum Gasteiger partial charge on any atom is -0.483 e. The molecule has 2 nitrogen and oxygen atoms in total. The molecule has 0 unspecified atom stereocenters. The van der Waals surface area contributed by atoms with Crippen molar-refractivity contribution in [3.05, 3.63) is 35.0 Å². The Morgan fingerprint density at radius 1 is 0.833 bits per heavy atom. The van der Waals surface area contributed by atoms with Gasteiger partial charge in [-0.05, 0) is 62.7 Å². The number of rotatable bonds is 16. The Balaban J connectivity index is 1.61. The smallest absolute Gasteiger partial charge is 0.191 e. The lowest BCUT2D eigenvalue weighted by molar-refractivity contribution is 0.337. The Bertz CT molecular complexity index is 749. The molecule has 0 amide bonds. The van der Waals surface area contributed by atoms with E-state index in [1.165, 1.54) is 106 Å². The molecule has 0 bridgehead atoms. The van der Waals surface area contributed by atoms with E-state index in [2.05, 4.69) is 37.0 Å². The molecule has 3 heteroatoms. The van der Waals surface area contributed by atoms with E-state index in [0.717, 1.165) is 12.0 Å². The minimum atomic E-state index is 0.595. The van der Waals surface area contributed by atoms with Crippen molar-refractivity contribution >= 4 is 28.2 Å². The summed E-state index contributed by atoms with van der Waals surface area (Å²) < 4.78 is 5.50. The molecule has 30 heavy (non-hydrogen) atoms. The van der Waals surface area contributed by atoms with Crippen LogP contribution in [0, 0.1) is 6.92 Å². The van der Waals surface area contributed by atoms with E-state index < -0.39 is 0 Å². The molecule has 0 aliphatic heterocycles. The van der Waals surface area contributed by atoms with Crippen molar-refractivity contribution in [3.8, 4) is 0 Å². The molecule has 2 rings (SSSR count). The number of hydrogen-bond donors (Lipinski definition) is 1. The van der Waals surface area contributed by atoms with E-state index in [0.29, 0.717) is 11.7 Å². The van der Waals surface area contributed by atoms with Gasteiger partial charge in [0.15, 0.2) is 5.05 Å². The molecule has 0 aliphatic carbocycles. The molecule has 0 aliphatic rings. The number of benzene rings is 1. The first-order valence-electron chi connectivity index (χ1n) is 12.5. The van der Waals surface area contributed by atoms with Gasteiger partial charge in [-0.25, -0.2) is 0 Å². The van der Waals surface area contributed by atoms with E-state index in [1.807, 2.05) is 6.92 Å². The van der Waals surface area contributed by atoms with Gasteiger partial charge in [0, 0.05) is 22.2 Å². The topological polar surface area (TPSA) is 25.0 Å². The Morgan fingerprint density at radius 3 is 1.97 bits per heavy atom. The summed E-state index contributed by atoms with van der Waals surface area (Å²) in [6.07, 6.45) is 19.4. The minimum absolute atomic E-state index is 0.595. The first kappa shape index (κ1) is 24.9. The van der Waals surface area contributed by atoms with Crippen LogP contribution in [0.5, 0.6) is 0 Å². The van der Waals surface area contributed by atoms with Crippen LogP contribution in [0.25, 0.3) is 10.9 Å². The van der Waals surface area contributed by atoms with Gasteiger partial charge in [-0.3, -0.25) is 0 Å². The number of aromatic amines is 1. The van der Waals surface area contributed by atoms with E-state index in [1.54, 1.807) is 0 Å². The summed E-state index contributed by atoms with van der Waals surface area (Å²) in [5, 5.41) is 1.87. The van der Waals surface area contributed by atoms with Crippen molar-refractivity contribution in [1.82, 2.24) is 4.98 Å². The molecule has 1 heterocycles. The third-order valence-electron chi connectivity index (χ3n) is 6.20. The predicted molar refractivity (Wildman–Crippen MR) is 136 cm³/mol. The molecule has 0 fully saturated rings. The molecule has 168 valence electrons. The zero-order valence-electron chi connectivity index (χ0n) is 19.7. The lowest BCUT2D eigenvalue weighted by Gasteiger charge is -2.05. The van der Waals surface area contributed by atoms with Gasteiger partial charge in [0.05, 0.1) is 6.61 Å². The van der Waals surface area contributed by atoms with Crippen molar-refractivity contribution in [3.63, 3.8) is 0 Å². The highest BCUT2D eigenvalue weighted by molar-refractivity contribution is 7.80. The molecule has 0 saturated heterocycles. The van der Waals surface area contributed by atoms with Crippen molar-refractivity contribution in [2.75, 3.05) is 6.61 Å². The third-order valence-corrected chi connectivity index (χ3v) is 6.56. The number of aryl methyl sites for hydroxylation is 2. The standard InChI is InChI=1S/C27H43NOS/c1-4-6-7-8-9-10-11-12-13-14-15-16-17-18-25-22(3)24-21-23(27(30)29-5-2)19-20-26(24)28-25/h19-21,28H,4-18H2,1-3H3. The SMILES string of the molecule is CCCCCCCCCCCCCCCc1[nH]c2ccc(C(=S)OCC)cc2c1C. The van der Waals surface area contributed by atoms with E-state index >= 15 is 0 Å². The molecule has 1 aromatic heterocycles. The van der Waals surface area contributed by atoms with Crippen LogP contribution in [0.15, 0.2) is 18.2 Å². The second-order valence-corrected chi connectivity index (χ2v) is 9.07. The Hall–Kier alpha value is -1.35. The fourth-order valence-corrected chi connectivity index (χ4v) is 4.54. The molecule has 0 radical (unpaired) electrons. The van der Waals surface area contributed by atoms with Gasteiger partial charge in [0.2, 0.25) is 0 Å². The summed E-state index contributed by atoms with van der Waals surface area (Å²) in [7, 11) is 0. The van der Waals surface area contributed by atoms with E-state index in [-0.39, 0.29) is 0 Å². The van der Waals surface area contributed by atoms with Crippen molar-refractivity contribution in [1.29, 1.82) is 0 Å². The molecule has 1 aromatic carbocycles. The third kappa shape index (κ3) is 8.41. The largest absolute Gasteiger partial charge is 0.483 e. The molecule has 1 N–H and O–H groups in total. The van der Waals surface area contributed by atoms with Gasteiger partial charge in [-0.15, -0.1) is 0 Å². The van der Waals surface area contributed by atoms with Gasteiger partial charge < -0.3 is 9.72 Å². The first-order valence-corrected chi connectivity index (χ1v) is 12.9. The van der Waals surface area contributed by atoms with Gasteiger partial charge in [0.25, 0.3) is 0 Å². The van der Waals surface area contributed by atoms with Crippen LogP contribution in [-0.4, -0.2) is 16.6 Å². The number of fused-ring (bicyclic) bond motifs is 1. The van der Waals surface area contributed by atoms with Gasteiger partial charge in [0.1, 0.15) is 0 Å². The highest BCUT2D eigenvalue weighted by Gasteiger charge is 2.10. The monoisotopic (exact) mass is 429 g/mol. The first-order chi connectivity index (χ1) is 14.7. The fourth-order valence-electron chi connectivity index (χ4n) is 4.29. The highest BCUT2D eigenvalue weighted by atomic mass is 32.1. The molecule has 2 aromatic rings. The second-order valence-electron chi connectivity index (χ2n) is 8.70. The van der Waals surface area contributed by atoms with Crippen LogP contribution in [0.1, 0.15) is 114 Å². The summed E-state index contributed by atoms with van der Waals surface area (Å²) in [5.74, 6) is 0. The summed E-state index contributed by atoms with van der Waals surface area (Å²) in [6, 6.07) is 6.37. The van der Waals surface area contributed by atoms with Crippen molar-refractivity contribution in [2.24, 2.45) is 0 Å². The lowest BCUT2D eigenvalue weighted by Crippen LogP contribution is -2.02. The van der Waals surface area contributed by atoms with Crippen molar-refractivity contribution in [2.45, 2.75) is 111 Å². The number of H-pyrrole nitrogens is 1. The highest BCUT2D eigenvalue weighted by Crippen LogP contribution is 2.25. The summed E-state index contributed by atoms with van der Waals surface area (Å²) >= 11 is 5.37. The number of ether oxygens (including phenoxy) is 1. The number of hydrogen-bond acceptors (Lipinski definition) is 2. The molecule has 0 saturated carbocycles. The average Bonchev–Trinajstić information content (AvgIpc) is 3.06. The Kier molecular flexibility index (Phi) is 12.1. The molecule has 0 spiro atoms. The maximum Gasteiger partial charge on any atom is 0.191 e. The number of aromatic nitrogens is 1. The Labute approximate surface area is 190 Å². The van der Waals surface area contributed by atoms with Crippen LogP contribution in [0.4, 0.5) is 0 Å². The van der Waals surface area contributed by atoms with Crippen LogP contribution in [-0.2, 0) is 11.2 Å². The summed E-state index contributed by atoms with van der Waals surface area (Å²) in [4.78, 5) is 3.62. The zero-order chi connectivity index (χ0) is 21.6. The van der Waals surface area contributed by atoms with Crippen LogP contribution < -0.4 is 0 Å². The average molecular weight is 430 g/mol. The van der Waals surface area contributed by atoms with Gasteiger partial charge in [-0.2, -0.15) is 0 Å². The lowest BCUT2D eigenvalue weighted by atomic mass is 10.0. The zero-order valence-corrected chi connectivity index (χ0v) is 20.5. The van der Waals surface area contributed by atoms with Crippen LogP contribution in [0.3, 0.4) is 0 Å². The normalized spacial score (nSPS) is 11.3. The number of nitrogens with one attached hydrogen (secondary N) is 1. The maximum absolute atomic E-state index is 5.50. The summed E-state index contributed by atoms with van der Waals surface area (Å²) in [5.41, 5.74) is 4.96. The predicted octanol–water partition coefficient (Wildman–Crippen LogP) is 8.82. The van der Waals surface area contributed by atoms with E-state index in [4.69, 9.17) is 17.0 Å². The van der Waals surface area contributed by atoms with E-state index in [9.17, 15) is 0 Å². The Morgan fingerprint density at radius 2 is 1.40 bits per heavy atom. The molecule has 0 atom stereocenters. The quantitative estimate of drug-likeness (QED) is 0.213. The maximum atomic E-state index is 5.50. The summed E-state index contributed by atoms with van der Waals surface area (Å²) in [6.45, 7) is 7.11. The second kappa shape index (κ2) is 14.6. The van der Waals surface area contributed by atoms with Gasteiger partial charge in [-0.1, -0.05) is 84.0 Å². The number of thiocarbonyl (C=S) groups is 1. The van der Waals surface area contributed by atoms with Crippen molar-refractivity contribution < 1.29 is 4.74 Å². The van der Waals surface area contributed by atoms with Crippen LogP contribution >= 0.6 is 12.2 Å². The molecular weight excluding hydrogens is 386 g/mol. The molecular formula is C27H43NOS.